The fourth-order valence-electron chi connectivity index (χ4n) is 2.10. The van der Waals surface area contributed by atoms with E-state index >= 15 is 0 Å². The number of carbonyl (C=O) groups is 1. The molecule has 2 aromatic rings. The number of rotatable bonds is 4. The van der Waals surface area contributed by atoms with Crippen molar-refractivity contribution >= 4 is 5.78 Å². The Morgan fingerprint density at radius 1 is 1.10 bits per heavy atom. The minimum absolute atomic E-state index is 0.122. The van der Waals surface area contributed by atoms with E-state index in [1.54, 1.807) is 6.20 Å². The van der Waals surface area contributed by atoms with Crippen molar-refractivity contribution in [3.05, 3.63) is 65.5 Å². The number of hydrogen-bond acceptors (Lipinski definition) is 2. The standard InChI is InChI=1S/C18H21NO/c1-18(2,3)16-9-7-15(8-10-16)17(20)11-6-14-5-4-12-19-13-14/h4-5,7-10,12-13H,6,11H2,1-3H3. The second kappa shape index (κ2) is 6.00. The van der Waals surface area contributed by atoms with Gasteiger partial charge in [-0.3, -0.25) is 9.78 Å². The third kappa shape index (κ3) is 3.77. The van der Waals surface area contributed by atoms with Crippen molar-refractivity contribution in [3.8, 4) is 0 Å². The first kappa shape index (κ1) is 14.4. The van der Waals surface area contributed by atoms with Gasteiger partial charge >= 0.3 is 0 Å². The Morgan fingerprint density at radius 3 is 2.35 bits per heavy atom. The van der Waals surface area contributed by atoms with Gasteiger partial charge in [0.15, 0.2) is 5.78 Å². The van der Waals surface area contributed by atoms with Crippen LogP contribution < -0.4 is 0 Å². The number of Topliss-reactive ketones (excluding diaryl/α,β-unsaturated/α-hetero) is 1. The lowest BCUT2D eigenvalue weighted by Gasteiger charge is -2.18. The Labute approximate surface area is 120 Å². The molecule has 20 heavy (non-hydrogen) atoms. The van der Waals surface area contributed by atoms with Crippen molar-refractivity contribution in [2.45, 2.75) is 39.0 Å². The molecule has 0 saturated carbocycles. The maximum absolute atomic E-state index is 12.2. The highest BCUT2D eigenvalue weighted by molar-refractivity contribution is 5.96. The second-order valence-corrected chi connectivity index (χ2v) is 6.11. The molecule has 1 aromatic carbocycles. The van der Waals surface area contributed by atoms with Crippen LogP contribution in [0.5, 0.6) is 0 Å². The van der Waals surface area contributed by atoms with E-state index in [1.807, 2.05) is 30.5 Å². The first-order valence-corrected chi connectivity index (χ1v) is 6.99. The Bertz CT molecular complexity index is 565. The van der Waals surface area contributed by atoms with Crippen LogP contribution >= 0.6 is 0 Å². The molecule has 0 aliphatic heterocycles. The zero-order chi connectivity index (χ0) is 14.6. The molecule has 0 fully saturated rings. The maximum Gasteiger partial charge on any atom is 0.163 e. The summed E-state index contributed by atoms with van der Waals surface area (Å²) in [6, 6.07) is 11.9. The number of aromatic nitrogens is 1. The molecule has 0 unspecified atom stereocenters. The lowest BCUT2D eigenvalue weighted by Crippen LogP contribution is -2.11. The third-order valence-electron chi connectivity index (χ3n) is 3.44. The first-order chi connectivity index (χ1) is 9.47. The van der Waals surface area contributed by atoms with Gasteiger partial charge in [0.05, 0.1) is 0 Å². The molecule has 1 heterocycles. The molecule has 0 saturated heterocycles. The lowest BCUT2D eigenvalue weighted by molar-refractivity contribution is 0.0983. The number of ketones is 1. The van der Waals surface area contributed by atoms with Gasteiger partial charge in [0.25, 0.3) is 0 Å². The SMILES string of the molecule is CC(C)(C)c1ccc(C(=O)CCc2cccnc2)cc1. The number of carbonyl (C=O) groups excluding carboxylic acids is 1. The van der Waals surface area contributed by atoms with Crippen molar-refractivity contribution < 1.29 is 4.79 Å². The van der Waals surface area contributed by atoms with Crippen LogP contribution in [0.3, 0.4) is 0 Å². The average molecular weight is 267 g/mol. The van der Waals surface area contributed by atoms with E-state index < -0.39 is 0 Å². The largest absolute Gasteiger partial charge is 0.294 e. The summed E-state index contributed by atoms with van der Waals surface area (Å²) in [5, 5.41) is 0. The van der Waals surface area contributed by atoms with E-state index in [-0.39, 0.29) is 11.2 Å². The molecule has 104 valence electrons. The summed E-state index contributed by atoms with van der Waals surface area (Å²) in [5.74, 6) is 0.189. The van der Waals surface area contributed by atoms with Crippen LogP contribution in [0.25, 0.3) is 0 Å². The second-order valence-electron chi connectivity index (χ2n) is 6.11. The number of benzene rings is 1. The van der Waals surface area contributed by atoms with Gasteiger partial charge in [0.1, 0.15) is 0 Å². The van der Waals surface area contributed by atoms with Crippen molar-refractivity contribution in [2.24, 2.45) is 0 Å². The number of hydrogen-bond donors (Lipinski definition) is 0. The molecule has 0 N–H and O–H groups in total. The minimum Gasteiger partial charge on any atom is -0.294 e. The Balaban J connectivity index is 1.99. The zero-order valence-corrected chi connectivity index (χ0v) is 12.4. The summed E-state index contributed by atoms with van der Waals surface area (Å²) in [4.78, 5) is 16.2. The van der Waals surface area contributed by atoms with Crippen LogP contribution in [0.15, 0.2) is 48.8 Å². The van der Waals surface area contributed by atoms with E-state index in [0.717, 1.165) is 17.5 Å². The number of pyridine rings is 1. The van der Waals surface area contributed by atoms with Crippen molar-refractivity contribution in [3.63, 3.8) is 0 Å². The summed E-state index contributed by atoms with van der Waals surface area (Å²) >= 11 is 0. The summed E-state index contributed by atoms with van der Waals surface area (Å²) in [6.45, 7) is 6.52. The molecule has 2 nitrogen and oxygen atoms in total. The highest BCUT2D eigenvalue weighted by Gasteiger charge is 2.14. The molecule has 1 aromatic heterocycles. The normalized spacial score (nSPS) is 11.3. The summed E-state index contributed by atoms with van der Waals surface area (Å²) < 4.78 is 0. The lowest BCUT2D eigenvalue weighted by atomic mass is 9.86. The van der Waals surface area contributed by atoms with Crippen LogP contribution in [0.4, 0.5) is 0 Å². The molecule has 0 radical (unpaired) electrons. The van der Waals surface area contributed by atoms with Gasteiger partial charge in [-0.05, 0) is 29.0 Å². The van der Waals surface area contributed by atoms with Gasteiger partial charge < -0.3 is 0 Å². The molecule has 0 bridgehead atoms. The van der Waals surface area contributed by atoms with Crippen LogP contribution in [-0.2, 0) is 11.8 Å². The quantitative estimate of drug-likeness (QED) is 0.777. The predicted octanol–water partition coefficient (Wildman–Crippen LogP) is 4.19. The summed E-state index contributed by atoms with van der Waals surface area (Å²) in [6.07, 6.45) is 4.83. The molecule has 2 rings (SSSR count). The van der Waals surface area contributed by atoms with Gasteiger partial charge in [-0.2, -0.15) is 0 Å². The fourth-order valence-corrected chi connectivity index (χ4v) is 2.10. The van der Waals surface area contributed by atoms with E-state index in [9.17, 15) is 4.79 Å². The van der Waals surface area contributed by atoms with E-state index in [4.69, 9.17) is 0 Å². The van der Waals surface area contributed by atoms with Gasteiger partial charge in [0, 0.05) is 24.4 Å². The molecular weight excluding hydrogens is 246 g/mol. The third-order valence-corrected chi connectivity index (χ3v) is 3.44. The average Bonchev–Trinajstić information content (AvgIpc) is 2.45. The molecule has 0 aliphatic rings. The van der Waals surface area contributed by atoms with Gasteiger partial charge in [-0.15, -0.1) is 0 Å². The highest BCUT2D eigenvalue weighted by atomic mass is 16.1. The Kier molecular flexibility index (Phi) is 4.33. The van der Waals surface area contributed by atoms with Crippen molar-refractivity contribution in [1.82, 2.24) is 4.98 Å². The minimum atomic E-state index is 0.122. The van der Waals surface area contributed by atoms with Gasteiger partial charge in [-0.1, -0.05) is 51.1 Å². The smallest absolute Gasteiger partial charge is 0.163 e. The first-order valence-electron chi connectivity index (χ1n) is 6.99. The Hall–Kier alpha value is -1.96. The molecule has 0 atom stereocenters. The molecule has 0 spiro atoms. The number of aryl methyl sites for hydroxylation is 1. The zero-order valence-electron chi connectivity index (χ0n) is 12.4. The predicted molar refractivity (Wildman–Crippen MR) is 82.0 cm³/mol. The van der Waals surface area contributed by atoms with Gasteiger partial charge in [-0.25, -0.2) is 0 Å². The van der Waals surface area contributed by atoms with Gasteiger partial charge in [0.2, 0.25) is 0 Å². The topological polar surface area (TPSA) is 30.0 Å². The van der Waals surface area contributed by atoms with Crippen LogP contribution in [0, 0.1) is 0 Å². The van der Waals surface area contributed by atoms with Crippen LogP contribution in [0.2, 0.25) is 0 Å². The molecule has 0 aliphatic carbocycles. The molecular formula is C18H21NO. The molecule has 2 heteroatoms. The van der Waals surface area contributed by atoms with Crippen LogP contribution in [0.1, 0.15) is 48.7 Å². The maximum atomic E-state index is 12.2. The molecule has 0 amide bonds. The van der Waals surface area contributed by atoms with Crippen molar-refractivity contribution in [2.75, 3.05) is 0 Å². The summed E-state index contributed by atoms with van der Waals surface area (Å²) in [7, 11) is 0. The van der Waals surface area contributed by atoms with Crippen LogP contribution in [-0.4, -0.2) is 10.8 Å². The van der Waals surface area contributed by atoms with E-state index in [2.05, 4.69) is 37.9 Å². The highest BCUT2D eigenvalue weighted by Crippen LogP contribution is 2.22. The van der Waals surface area contributed by atoms with E-state index in [1.165, 1.54) is 5.56 Å². The van der Waals surface area contributed by atoms with E-state index in [0.29, 0.717) is 6.42 Å². The Morgan fingerprint density at radius 2 is 1.80 bits per heavy atom. The summed E-state index contributed by atoms with van der Waals surface area (Å²) in [5.41, 5.74) is 3.27. The fraction of sp³-hybridized carbons (Fsp3) is 0.333. The van der Waals surface area contributed by atoms with Crippen molar-refractivity contribution in [1.29, 1.82) is 0 Å². The monoisotopic (exact) mass is 267 g/mol. The number of nitrogens with zero attached hydrogens (tertiary/aromatic N) is 1.